The maximum Gasteiger partial charge on any atom is 0.143 e. The number of halogens is 1. The number of hydrogen-bond donors (Lipinski definition) is 2. The Morgan fingerprint density at radius 1 is 1.21 bits per heavy atom. The Bertz CT molecular complexity index is 578. The van der Waals surface area contributed by atoms with E-state index >= 15 is 0 Å². The molecular formula is C14H15BrN4. The molecule has 3 N–H and O–H groups in total. The summed E-state index contributed by atoms with van der Waals surface area (Å²) in [5.41, 5.74) is 4.93. The van der Waals surface area contributed by atoms with Gasteiger partial charge in [-0.05, 0) is 30.5 Å². The quantitative estimate of drug-likeness (QED) is 0.672. The van der Waals surface area contributed by atoms with Crippen LogP contribution in [0.4, 0.5) is 5.82 Å². The Hall–Kier alpha value is -1.46. The molecule has 98 valence electrons. The van der Waals surface area contributed by atoms with E-state index in [0.29, 0.717) is 11.7 Å². The van der Waals surface area contributed by atoms with Crippen LogP contribution in [0.1, 0.15) is 35.8 Å². The van der Waals surface area contributed by atoms with E-state index in [1.165, 1.54) is 18.4 Å². The van der Waals surface area contributed by atoms with Crippen molar-refractivity contribution in [2.75, 3.05) is 5.43 Å². The zero-order chi connectivity index (χ0) is 13.2. The average molecular weight is 319 g/mol. The molecule has 0 bridgehead atoms. The van der Waals surface area contributed by atoms with Crippen LogP contribution < -0.4 is 11.3 Å². The number of benzene rings is 1. The van der Waals surface area contributed by atoms with Crippen LogP contribution in [0.3, 0.4) is 0 Å². The summed E-state index contributed by atoms with van der Waals surface area (Å²) in [6, 6.07) is 10.2. The van der Waals surface area contributed by atoms with Gasteiger partial charge in [0.25, 0.3) is 0 Å². The molecule has 0 radical (unpaired) electrons. The first-order valence-electron chi connectivity index (χ1n) is 6.33. The van der Waals surface area contributed by atoms with Crippen LogP contribution in [0.25, 0.3) is 0 Å². The molecule has 3 rings (SSSR count). The molecule has 1 aliphatic rings. The first kappa shape index (κ1) is 12.6. The van der Waals surface area contributed by atoms with Crippen LogP contribution in [-0.4, -0.2) is 9.97 Å². The number of aromatic nitrogens is 2. The highest BCUT2D eigenvalue weighted by atomic mass is 79.9. The number of rotatable bonds is 4. The van der Waals surface area contributed by atoms with Crippen LogP contribution in [0.15, 0.2) is 34.8 Å². The topological polar surface area (TPSA) is 63.8 Å². The second-order valence-electron chi connectivity index (χ2n) is 4.82. The molecule has 1 saturated carbocycles. The highest BCUT2D eigenvalue weighted by Gasteiger charge is 2.26. The highest BCUT2D eigenvalue weighted by molar-refractivity contribution is 9.10. The third-order valence-corrected chi connectivity index (χ3v) is 3.74. The number of nitrogens with two attached hydrogens (primary N) is 1. The summed E-state index contributed by atoms with van der Waals surface area (Å²) in [5.74, 6) is 7.59. The number of anilines is 1. The summed E-state index contributed by atoms with van der Waals surface area (Å²) < 4.78 is 1.08. The standard InChI is InChI=1S/C14H15BrN4/c15-11-5-1-9(2-6-11)7-13-17-12(10-3-4-10)8-14(18-13)19-16/h1-2,5-6,8,10H,3-4,7,16H2,(H,17,18,19). The minimum Gasteiger partial charge on any atom is -0.308 e. The van der Waals surface area contributed by atoms with Crippen LogP contribution in [0.5, 0.6) is 0 Å². The second-order valence-corrected chi connectivity index (χ2v) is 5.73. The van der Waals surface area contributed by atoms with Gasteiger partial charge in [0, 0.05) is 28.6 Å². The van der Waals surface area contributed by atoms with Crippen molar-refractivity contribution >= 4 is 21.7 Å². The van der Waals surface area contributed by atoms with Gasteiger partial charge in [0.15, 0.2) is 0 Å². The van der Waals surface area contributed by atoms with E-state index in [-0.39, 0.29) is 0 Å². The summed E-state index contributed by atoms with van der Waals surface area (Å²) >= 11 is 3.43. The molecule has 0 atom stereocenters. The lowest BCUT2D eigenvalue weighted by molar-refractivity contribution is 0.899. The SMILES string of the molecule is NNc1cc(C2CC2)nc(Cc2ccc(Br)cc2)n1. The molecule has 0 unspecified atom stereocenters. The molecule has 2 aromatic rings. The minimum atomic E-state index is 0.596. The Morgan fingerprint density at radius 3 is 2.58 bits per heavy atom. The lowest BCUT2D eigenvalue weighted by Gasteiger charge is -2.07. The zero-order valence-corrected chi connectivity index (χ0v) is 12.0. The number of nitrogens with zero attached hydrogens (tertiary/aromatic N) is 2. The lowest BCUT2D eigenvalue weighted by atomic mass is 10.1. The monoisotopic (exact) mass is 318 g/mol. The predicted molar refractivity (Wildman–Crippen MR) is 78.8 cm³/mol. The van der Waals surface area contributed by atoms with Crippen molar-refractivity contribution in [1.82, 2.24) is 9.97 Å². The van der Waals surface area contributed by atoms with E-state index in [9.17, 15) is 0 Å². The third kappa shape index (κ3) is 3.11. The van der Waals surface area contributed by atoms with E-state index in [0.717, 1.165) is 22.4 Å². The summed E-state index contributed by atoms with van der Waals surface area (Å²) in [7, 11) is 0. The van der Waals surface area contributed by atoms with Gasteiger partial charge in [0.2, 0.25) is 0 Å². The van der Waals surface area contributed by atoms with E-state index in [1.54, 1.807) is 0 Å². The van der Waals surface area contributed by atoms with Gasteiger partial charge < -0.3 is 5.43 Å². The Balaban J connectivity index is 1.86. The van der Waals surface area contributed by atoms with Crippen LogP contribution in [0, 0.1) is 0 Å². The number of hydrogen-bond acceptors (Lipinski definition) is 4. The fraction of sp³-hybridized carbons (Fsp3) is 0.286. The van der Waals surface area contributed by atoms with Crippen LogP contribution in [0.2, 0.25) is 0 Å². The maximum atomic E-state index is 5.47. The molecule has 0 saturated heterocycles. The highest BCUT2D eigenvalue weighted by Crippen LogP contribution is 2.39. The molecular weight excluding hydrogens is 304 g/mol. The van der Waals surface area contributed by atoms with E-state index in [1.807, 2.05) is 18.2 Å². The molecule has 0 spiro atoms. The fourth-order valence-electron chi connectivity index (χ4n) is 2.04. The van der Waals surface area contributed by atoms with Gasteiger partial charge in [0.05, 0.1) is 0 Å². The van der Waals surface area contributed by atoms with Gasteiger partial charge in [-0.1, -0.05) is 28.1 Å². The molecule has 0 aliphatic heterocycles. The minimum absolute atomic E-state index is 0.596. The number of nitrogens with one attached hydrogen (secondary N) is 1. The lowest BCUT2D eigenvalue weighted by Crippen LogP contribution is -2.11. The predicted octanol–water partition coefficient (Wildman–Crippen LogP) is 2.99. The summed E-state index contributed by atoms with van der Waals surface area (Å²) in [5, 5.41) is 0. The van der Waals surface area contributed by atoms with Gasteiger partial charge in [0.1, 0.15) is 11.6 Å². The number of nitrogen functional groups attached to an aromatic ring is 1. The Kier molecular flexibility index (Phi) is 3.48. The summed E-state index contributed by atoms with van der Waals surface area (Å²) in [4.78, 5) is 9.06. The Morgan fingerprint density at radius 2 is 1.95 bits per heavy atom. The molecule has 1 aromatic heterocycles. The normalized spacial score (nSPS) is 14.4. The van der Waals surface area contributed by atoms with Crippen LogP contribution >= 0.6 is 15.9 Å². The van der Waals surface area contributed by atoms with Gasteiger partial charge in [-0.3, -0.25) is 0 Å². The van der Waals surface area contributed by atoms with Crippen molar-refractivity contribution in [3.63, 3.8) is 0 Å². The van der Waals surface area contributed by atoms with Gasteiger partial charge in [-0.2, -0.15) is 0 Å². The smallest absolute Gasteiger partial charge is 0.143 e. The van der Waals surface area contributed by atoms with Gasteiger partial charge in [-0.15, -0.1) is 0 Å². The molecule has 4 nitrogen and oxygen atoms in total. The van der Waals surface area contributed by atoms with Crippen molar-refractivity contribution in [2.24, 2.45) is 5.84 Å². The molecule has 1 fully saturated rings. The first-order valence-corrected chi connectivity index (χ1v) is 7.13. The third-order valence-electron chi connectivity index (χ3n) is 3.21. The second kappa shape index (κ2) is 5.27. The summed E-state index contributed by atoms with van der Waals surface area (Å²) in [6.07, 6.45) is 3.17. The van der Waals surface area contributed by atoms with Crippen molar-refractivity contribution < 1.29 is 0 Å². The molecule has 5 heteroatoms. The van der Waals surface area contributed by atoms with Crippen molar-refractivity contribution in [3.05, 3.63) is 51.9 Å². The molecule has 1 aliphatic carbocycles. The van der Waals surface area contributed by atoms with E-state index in [2.05, 4.69) is 43.5 Å². The molecule has 1 aromatic carbocycles. The first-order chi connectivity index (χ1) is 9.24. The fourth-order valence-corrected chi connectivity index (χ4v) is 2.31. The van der Waals surface area contributed by atoms with Gasteiger partial charge in [-0.25, -0.2) is 15.8 Å². The molecule has 1 heterocycles. The van der Waals surface area contributed by atoms with Crippen molar-refractivity contribution in [2.45, 2.75) is 25.2 Å². The average Bonchev–Trinajstić information content (AvgIpc) is 3.25. The van der Waals surface area contributed by atoms with Crippen LogP contribution in [-0.2, 0) is 6.42 Å². The zero-order valence-electron chi connectivity index (χ0n) is 10.4. The van der Waals surface area contributed by atoms with E-state index < -0.39 is 0 Å². The molecule has 19 heavy (non-hydrogen) atoms. The number of hydrazine groups is 1. The Labute approximate surface area is 120 Å². The van der Waals surface area contributed by atoms with Gasteiger partial charge >= 0.3 is 0 Å². The molecule has 0 amide bonds. The maximum absolute atomic E-state index is 5.47. The van der Waals surface area contributed by atoms with Crippen molar-refractivity contribution in [1.29, 1.82) is 0 Å². The van der Waals surface area contributed by atoms with Crippen molar-refractivity contribution in [3.8, 4) is 0 Å². The summed E-state index contributed by atoms with van der Waals surface area (Å²) in [6.45, 7) is 0. The largest absolute Gasteiger partial charge is 0.308 e. The van der Waals surface area contributed by atoms with E-state index in [4.69, 9.17) is 5.84 Å².